The topological polar surface area (TPSA) is 53.4 Å². The summed E-state index contributed by atoms with van der Waals surface area (Å²) in [4.78, 5) is 10.9. The van der Waals surface area contributed by atoms with E-state index in [2.05, 4.69) is 9.84 Å². The van der Waals surface area contributed by atoms with Crippen molar-refractivity contribution in [2.45, 2.75) is 12.6 Å². The number of carbonyl (C=O) groups is 1. The Labute approximate surface area is 90.7 Å². The molecule has 5 nitrogen and oxygen atoms in total. The molecule has 1 aromatic heterocycles. The Balaban J connectivity index is 2.79. The Morgan fingerprint density at radius 2 is 2.47 bits per heavy atom. The molecule has 1 unspecified atom stereocenters. The molecule has 1 atom stereocenters. The number of nitrogens with zero attached hydrogens (tertiary/aromatic N) is 2. The number of carbonyl (C=O) groups excluding carboxylic acids is 1. The number of aromatic nitrogens is 2. The minimum absolute atomic E-state index is 0.0431. The van der Waals surface area contributed by atoms with Crippen LogP contribution in [0.1, 0.15) is 18.2 Å². The first-order chi connectivity index (χ1) is 7.04. The Morgan fingerprint density at radius 3 is 3.00 bits per heavy atom. The molecule has 0 spiro atoms. The van der Waals surface area contributed by atoms with E-state index in [4.69, 9.17) is 16.3 Å². The first kappa shape index (κ1) is 11.8. The summed E-state index contributed by atoms with van der Waals surface area (Å²) >= 11 is 5.21. The molecule has 0 amide bonds. The molecule has 0 saturated heterocycles. The van der Waals surface area contributed by atoms with Crippen molar-refractivity contribution in [2.75, 3.05) is 6.61 Å². The van der Waals surface area contributed by atoms with Gasteiger partial charge in [-0.05, 0) is 6.92 Å². The largest absolute Gasteiger partial charge is 0.513 e. The van der Waals surface area contributed by atoms with Gasteiger partial charge < -0.3 is 9.47 Å². The van der Waals surface area contributed by atoms with Crippen molar-refractivity contribution in [3.8, 4) is 5.75 Å². The van der Waals surface area contributed by atoms with Gasteiger partial charge in [-0.2, -0.15) is 5.10 Å². The molecule has 84 valence electrons. The van der Waals surface area contributed by atoms with Crippen LogP contribution in [0.25, 0.3) is 0 Å². The van der Waals surface area contributed by atoms with E-state index in [0.29, 0.717) is 0 Å². The van der Waals surface area contributed by atoms with Crippen molar-refractivity contribution in [3.63, 3.8) is 0 Å². The lowest BCUT2D eigenvalue weighted by atomic mass is 10.4. The fourth-order valence-corrected chi connectivity index (χ4v) is 1.10. The van der Waals surface area contributed by atoms with Crippen molar-refractivity contribution in [2.24, 2.45) is 7.05 Å². The quantitative estimate of drug-likeness (QED) is 0.596. The molecule has 0 saturated carbocycles. The van der Waals surface area contributed by atoms with Gasteiger partial charge in [0.1, 0.15) is 0 Å². The maximum atomic E-state index is 12.8. The molecule has 15 heavy (non-hydrogen) atoms. The van der Waals surface area contributed by atoms with Crippen LogP contribution < -0.4 is 4.74 Å². The van der Waals surface area contributed by atoms with Gasteiger partial charge in [-0.3, -0.25) is 4.68 Å². The van der Waals surface area contributed by atoms with Gasteiger partial charge in [0, 0.05) is 7.05 Å². The van der Waals surface area contributed by atoms with Crippen molar-refractivity contribution < 1.29 is 18.7 Å². The Kier molecular flexibility index (Phi) is 3.90. The maximum Gasteiger partial charge on any atom is 0.513 e. The lowest BCUT2D eigenvalue weighted by molar-refractivity contribution is 0.103. The van der Waals surface area contributed by atoms with Crippen LogP contribution in [0.15, 0.2) is 6.20 Å². The van der Waals surface area contributed by atoms with Gasteiger partial charge in [-0.1, -0.05) is 11.6 Å². The Bertz CT molecular complexity index is 354. The summed E-state index contributed by atoms with van der Waals surface area (Å²) in [5, 5.41) is 3.70. The minimum Gasteiger partial charge on any atom is -0.434 e. The van der Waals surface area contributed by atoms with Crippen LogP contribution in [-0.4, -0.2) is 22.5 Å². The number of halogens is 2. The molecule has 0 fully saturated rings. The number of aryl methyl sites for hydroxylation is 1. The normalized spacial score (nSPS) is 12.3. The molecule has 0 aliphatic heterocycles. The lowest BCUT2D eigenvalue weighted by Crippen LogP contribution is -2.10. The molecule has 0 aromatic carbocycles. The number of ether oxygens (including phenoxy) is 2. The maximum absolute atomic E-state index is 12.8. The third kappa shape index (κ3) is 3.09. The second-order valence-corrected chi connectivity index (χ2v) is 3.02. The summed E-state index contributed by atoms with van der Waals surface area (Å²) in [5.41, 5.74) is -1.97. The first-order valence-electron chi connectivity index (χ1n) is 4.21. The second kappa shape index (κ2) is 4.97. The van der Waals surface area contributed by atoms with Crippen LogP contribution in [0.4, 0.5) is 9.18 Å². The zero-order valence-corrected chi connectivity index (χ0v) is 8.99. The third-order valence-corrected chi connectivity index (χ3v) is 1.69. The monoisotopic (exact) mass is 236 g/mol. The second-order valence-electron chi connectivity index (χ2n) is 2.64. The molecule has 1 rings (SSSR count). The van der Waals surface area contributed by atoms with Gasteiger partial charge in [0.25, 0.3) is 0 Å². The van der Waals surface area contributed by atoms with Gasteiger partial charge in [0.2, 0.25) is 5.63 Å². The van der Waals surface area contributed by atoms with E-state index in [1.165, 1.54) is 10.9 Å². The summed E-state index contributed by atoms with van der Waals surface area (Å²) < 4.78 is 23.3. The number of hydrogen-bond acceptors (Lipinski definition) is 4. The molecular weight excluding hydrogens is 227 g/mol. The Morgan fingerprint density at radius 1 is 1.80 bits per heavy atom. The van der Waals surface area contributed by atoms with Crippen LogP contribution in [-0.2, 0) is 11.8 Å². The highest BCUT2D eigenvalue weighted by Crippen LogP contribution is 2.29. The van der Waals surface area contributed by atoms with Crippen LogP contribution in [0.2, 0.25) is 0 Å². The van der Waals surface area contributed by atoms with Crippen LogP contribution >= 0.6 is 11.6 Å². The highest BCUT2D eigenvalue weighted by molar-refractivity contribution is 6.19. The number of rotatable bonds is 3. The third-order valence-electron chi connectivity index (χ3n) is 1.48. The molecule has 7 heteroatoms. The summed E-state index contributed by atoms with van der Waals surface area (Å²) in [6, 6.07) is 0. The van der Waals surface area contributed by atoms with E-state index < -0.39 is 11.8 Å². The first-order valence-corrected chi connectivity index (χ1v) is 4.64. The van der Waals surface area contributed by atoms with Gasteiger partial charge in [0.15, 0.2) is 11.4 Å². The van der Waals surface area contributed by atoms with Crippen LogP contribution in [0.3, 0.4) is 0 Å². The van der Waals surface area contributed by atoms with E-state index in [9.17, 15) is 9.18 Å². The molecule has 0 N–H and O–H groups in total. The smallest absolute Gasteiger partial charge is 0.434 e. The highest BCUT2D eigenvalue weighted by Gasteiger charge is 2.20. The number of alkyl halides is 2. The molecule has 1 heterocycles. The standard InChI is InChI=1S/C8H10ClFN2O3/c1-3-14-8(13)15-5-4-12(2)11-6(5)7(9)10/h4,7H,3H2,1-2H3. The lowest BCUT2D eigenvalue weighted by Gasteiger charge is -2.03. The summed E-state index contributed by atoms with van der Waals surface area (Å²) in [7, 11) is 1.56. The van der Waals surface area contributed by atoms with E-state index >= 15 is 0 Å². The number of hydrogen-bond donors (Lipinski definition) is 0. The Hall–Kier alpha value is -1.30. The molecule has 0 aliphatic carbocycles. The minimum atomic E-state index is -1.82. The van der Waals surface area contributed by atoms with Gasteiger partial charge in [-0.15, -0.1) is 0 Å². The predicted molar refractivity (Wildman–Crippen MR) is 50.6 cm³/mol. The van der Waals surface area contributed by atoms with E-state index in [1.54, 1.807) is 14.0 Å². The predicted octanol–water partition coefficient (Wildman–Crippen LogP) is 2.16. The van der Waals surface area contributed by atoms with E-state index in [1.807, 2.05) is 0 Å². The highest BCUT2D eigenvalue weighted by atomic mass is 35.5. The van der Waals surface area contributed by atoms with E-state index in [0.717, 1.165) is 0 Å². The van der Waals surface area contributed by atoms with Gasteiger partial charge >= 0.3 is 6.16 Å². The summed E-state index contributed by atoms with van der Waals surface area (Å²) in [6.07, 6.45) is 0.422. The fraction of sp³-hybridized carbons (Fsp3) is 0.500. The summed E-state index contributed by atoms with van der Waals surface area (Å²) in [5.74, 6) is -0.0431. The van der Waals surface area contributed by atoms with Crippen molar-refractivity contribution in [1.29, 1.82) is 0 Å². The van der Waals surface area contributed by atoms with Crippen LogP contribution in [0.5, 0.6) is 5.75 Å². The van der Waals surface area contributed by atoms with Crippen LogP contribution in [0, 0.1) is 0 Å². The SMILES string of the molecule is CCOC(=O)Oc1cn(C)nc1C(F)Cl. The summed E-state index contributed by atoms with van der Waals surface area (Å²) in [6.45, 7) is 1.80. The fourth-order valence-electron chi connectivity index (χ4n) is 0.951. The average Bonchev–Trinajstić information content (AvgIpc) is 2.47. The molecule has 1 aromatic rings. The zero-order valence-electron chi connectivity index (χ0n) is 8.24. The molecule has 0 bridgehead atoms. The average molecular weight is 237 g/mol. The van der Waals surface area contributed by atoms with Gasteiger partial charge in [0.05, 0.1) is 12.8 Å². The molecule has 0 aliphatic rings. The van der Waals surface area contributed by atoms with Crippen molar-refractivity contribution in [1.82, 2.24) is 9.78 Å². The molecular formula is C8H10ClFN2O3. The van der Waals surface area contributed by atoms with Crippen molar-refractivity contribution >= 4 is 17.8 Å². The van der Waals surface area contributed by atoms with Crippen molar-refractivity contribution in [3.05, 3.63) is 11.9 Å². The van der Waals surface area contributed by atoms with E-state index in [-0.39, 0.29) is 18.1 Å². The van der Waals surface area contributed by atoms with Gasteiger partial charge in [-0.25, -0.2) is 9.18 Å². The zero-order chi connectivity index (χ0) is 11.4. The molecule has 0 radical (unpaired) electrons.